The molecule has 1 aromatic heterocycles. The zero-order chi connectivity index (χ0) is 12.3. The van der Waals surface area contributed by atoms with E-state index in [-0.39, 0.29) is 6.04 Å². The number of methoxy groups -OCH3 is 1. The third kappa shape index (κ3) is 2.61. The molecule has 0 radical (unpaired) electrons. The van der Waals surface area contributed by atoms with E-state index >= 15 is 0 Å². The Morgan fingerprint density at radius 3 is 2.71 bits per heavy atom. The summed E-state index contributed by atoms with van der Waals surface area (Å²) in [5.41, 5.74) is 2.25. The first kappa shape index (κ1) is 11.6. The molecule has 0 aliphatic heterocycles. The van der Waals surface area contributed by atoms with Gasteiger partial charge in [0.1, 0.15) is 11.5 Å². The molecule has 1 atom stereocenters. The fourth-order valence-electron chi connectivity index (χ4n) is 1.77. The van der Waals surface area contributed by atoms with Gasteiger partial charge in [-0.2, -0.15) is 0 Å². The minimum absolute atomic E-state index is 0.150. The van der Waals surface area contributed by atoms with Gasteiger partial charge in [-0.15, -0.1) is 0 Å². The van der Waals surface area contributed by atoms with E-state index in [9.17, 15) is 0 Å². The lowest BCUT2D eigenvalue weighted by molar-refractivity contribution is 0.414. The third-order valence-electron chi connectivity index (χ3n) is 2.78. The van der Waals surface area contributed by atoms with Gasteiger partial charge in [-0.3, -0.25) is 0 Å². The van der Waals surface area contributed by atoms with Crippen LogP contribution in [0.25, 0.3) is 0 Å². The van der Waals surface area contributed by atoms with Gasteiger partial charge in [0.05, 0.1) is 19.4 Å². The van der Waals surface area contributed by atoms with Gasteiger partial charge >= 0.3 is 0 Å². The molecular formula is C14H17NO2. The van der Waals surface area contributed by atoms with Crippen LogP contribution in [0.15, 0.2) is 41.0 Å². The van der Waals surface area contributed by atoms with Gasteiger partial charge in [0, 0.05) is 5.69 Å². The van der Waals surface area contributed by atoms with Crippen LogP contribution in [0.1, 0.15) is 24.3 Å². The summed E-state index contributed by atoms with van der Waals surface area (Å²) in [4.78, 5) is 0. The van der Waals surface area contributed by atoms with E-state index in [1.807, 2.05) is 30.3 Å². The van der Waals surface area contributed by atoms with E-state index in [2.05, 4.69) is 19.2 Å². The summed E-state index contributed by atoms with van der Waals surface area (Å²) in [5.74, 6) is 1.80. The lowest BCUT2D eigenvalue weighted by atomic mass is 10.1. The number of rotatable bonds is 4. The summed E-state index contributed by atoms with van der Waals surface area (Å²) in [6, 6.07) is 10.00. The van der Waals surface area contributed by atoms with Crippen LogP contribution in [0.2, 0.25) is 0 Å². The van der Waals surface area contributed by atoms with Crippen LogP contribution < -0.4 is 10.1 Å². The normalized spacial score (nSPS) is 12.2. The maximum Gasteiger partial charge on any atom is 0.125 e. The number of benzene rings is 1. The predicted octanol–water partition coefficient (Wildman–Crippen LogP) is 3.77. The smallest absolute Gasteiger partial charge is 0.125 e. The molecule has 17 heavy (non-hydrogen) atoms. The lowest BCUT2D eigenvalue weighted by Gasteiger charge is -2.15. The molecule has 1 aromatic carbocycles. The molecule has 0 spiro atoms. The van der Waals surface area contributed by atoms with E-state index in [1.165, 1.54) is 0 Å². The van der Waals surface area contributed by atoms with Crippen molar-refractivity contribution in [2.75, 3.05) is 12.4 Å². The number of ether oxygens (including phenoxy) is 1. The lowest BCUT2D eigenvalue weighted by Crippen LogP contribution is -2.06. The Kier molecular flexibility index (Phi) is 3.38. The number of anilines is 1. The Bertz CT molecular complexity index is 477. The SMILES string of the molecule is COc1ccc(NC(C)c2ccco2)c(C)c1. The van der Waals surface area contributed by atoms with Crippen molar-refractivity contribution in [2.45, 2.75) is 19.9 Å². The monoisotopic (exact) mass is 231 g/mol. The van der Waals surface area contributed by atoms with Gasteiger partial charge in [0.15, 0.2) is 0 Å². The van der Waals surface area contributed by atoms with Crippen molar-refractivity contribution >= 4 is 5.69 Å². The van der Waals surface area contributed by atoms with Crippen molar-refractivity contribution in [1.29, 1.82) is 0 Å². The summed E-state index contributed by atoms with van der Waals surface area (Å²) in [6.45, 7) is 4.13. The van der Waals surface area contributed by atoms with Crippen molar-refractivity contribution in [3.05, 3.63) is 47.9 Å². The molecule has 1 heterocycles. The maximum absolute atomic E-state index is 5.37. The zero-order valence-electron chi connectivity index (χ0n) is 10.4. The van der Waals surface area contributed by atoms with Crippen molar-refractivity contribution in [3.63, 3.8) is 0 Å². The largest absolute Gasteiger partial charge is 0.497 e. The van der Waals surface area contributed by atoms with Gasteiger partial charge in [-0.25, -0.2) is 0 Å². The van der Waals surface area contributed by atoms with Gasteiger partial charge in [-0.1, -0.05) is 0 Å². The first-order valence-electron chi connectivity index (χ1n) is 5.65. The summed E-state index contributed by atoms with van der Waals surface area (Å²) in [7, 11) is 1.67. The van der Waals surface area contributed by atoms with E-state index in [0.717, 1.165) is 22.8 Å². The minimum Gasteiger partial charge on any atom is -0.497 e. The number of hydrogen-bond acceptors (Lipinski definition) is 3. The van der Waals surface area contributed by atoms with E-state index in [4.69, 9.17) is 9.15 Å². The van der Waals surface area contributed by atoms with Crippen LogP contribution in [0.5, 0.6) is 5.75 Å². The molecule has 1 unspecified atom stereocenters. The van der Waals surface area contributed by atoms with Crippen molar-refractivity contribution in [2.24, 2.45) is 0 Å². The van der Waals surface area contributed by atoms with Gasteiger partial charge in [0.25, 0.3) is 0 Å². The fraction of sp³-hybridized carbons (Fsp3) is 0.286. The molecule has 3 nitrogen and oxygen atoms in total. The Balaban J connectivity index is 2.13. The van der Waals surface area contributed by atoms with Crippen LogP contribution in [-0.2, 0) is 0 Å². The molecule has 0 aliphatic rings. The second kappa shape index (κ2) is 4.95. The highest BCUT2D eigenvalue weighted by Crippen LogP contribution is 2.25. The molecule has 2 aromatic rings. The summed E-state index contributed by atoms with van der Waals surface area (Å²) in [5, 5.41) is 3.41. The Morgan fingerprint density at radius 1 is 1.29 bits per heavy atom. The average molecular weight is 231 g/mol. The molecule has 2 rings (SSSR count). The molecule has 90 valence electrons. The topological polar surface area (TPSA) is 34.4 Å². The highest BCUT2D eigenvalue weighted by atomic mass is 16.5. The Hall–Kier alpha value is -1.90. The quantitative estimate of drug-likeness (QED) is 0.869. The van der Waals surface area contributed by atoms with Crippen LogP contribution in [-0.4, -0.2) is 7.11 Å². The molecular weight excluding hydrogens is 214 g/mol. The van der Waals surface area contributed by atoms with Gasteiger partial charge in [0.2, 0.25) is 0 Å². The molecule has 3 heteroatoms. The molecule has 1 N–H and O–H groups in total. The molecule has 0 saturated carbocycles. The van der Waals surface area contributed by atoms with Gasteiger partial charge < -0.3 is 14.5 Å². The fourth-order valence-corrected chi connectivity index (χ4v) is 1.77. The number of furan rings is 1. The number of nitrogens with one attached hydrogen (secondary N) is 1. The average Bonchev–Trinajstić information content (AvgIpc) is 2.85. The van der Waals surface area contributed by atoms with Crippen molar-refractivity contribution in [3.8, 4) is 5.75 Å². The van der Waals surface area contributed by atoms with Crippen LogP contribution in [0.4, 0.5) is 5.69 Å². The van der Waals surface area contributed by atoms with Crippen LogP contribution in [0, 0.1) is 6.92 Å². The summed E-state index contributed by atoms with van der Waals surface area (Å²) < 4.78 is 10.5. The zero-order valence-corrected chi connectivity index (χ0v) is 10.4. The molecule has 0 bridgehead atoms. The first-order chi connectivity index (χ1) is 8.20. The number of aryl methyl sites for hydroxylation is 1. The standard InChI is InChI=1S/C14H17NO2/c1-10-9-12(16-3)6-7-13(10)15-11(2)14-5-4-8-17-14/h4-9,11,15H,1-3H3. The van der Waals surface area contributed by atoms with Crippen LogP contribution >= 0.6 is 0 Å². The molecule has 0 fully saturated rings. The van der Waals surface area contributed by atoms with Crippen molar-refractivity contribution < 1.29 is 9.15 Å². The molecule has 0 amide bonds. The predicted molar refractivity (Wildman–Crippen MR) is 68.5 cm³/mol. The summed E-state index contributed by atoms with van der Waals surface area (Å²) >= 11 is 0. The first-order valence-corrected chi connectivity index (χ1v) is 5.65. The summed E-state index contributed by atoms with van der Waals surface area (Å²) in [6.07, 6.45) is 1.69. The maximum atomic E-state index is 5.37. The minimum atomic E-state index is 0.150. The highest BCUT2D eigenvalue weighted by Gasteiger charge is 2.09. The van der Waals surface area contributed by atoms with Crippen molar-refractivity contribution in [1.82, 2.24) is 0 Å². The Morgan fingerprint density at radius 2 is 2.12 bits per heavy atom. The second-order valence-electron chi connectivity index (χ2n) is 4.06. The Labute approximate surface area is 101 Å². The van der Waals surface area contributed by atoms with E-state index < -0.39 is 0 Å². The van der Waals surface area contributed by atoms with E-state index in [1.54, 1.807) is 13.4 Å². The highest BCUT2D eigenvalue weighted by molar-refractivity contribution is 5.54. The second-order valence-corrected chi connectivity index (χ2v) is 4.06. The number of hydrogen-bond donors (Lipinski definition) is 1. The van der Waals surface area contributed by atoms with Crippen LogP contribution in [0.3, 0.4) is 0 Å². The molecule has 0 aliphatic carbocycles. The van der Waals surface area contributed by atoms with Gasteiger partial charge in [-0.05, 0) is 49.7 Å². The molecule has 0 saturated heterocycles. The third-order valence-corrected chi connectivity index (χ3v) is 2.78. The van der Waals surface area contributed by atoms with E-state index in [0.29, 0.717) is 0 Å².